The van der Waals surface area contributed by atoms with Crippen molar-refractivity contribution in [1.82, 2.24) is 4.90 Å². The van der Waals surface area contributed by atoms with E-state index in [-0.39, 0.29) is 18.9 Å². The molecule has 1 fully saturated rings. The molecule has 1 aliphatic rings. The van der Waals surface area contributed by atoms with Crippen LogP contribution in [0.4, 0.5) is 0 Å². The van der Waals surface area contributed by atoms with Crippen molar-refractivity contribution in [2.75, 3.05) is 27.9 Å². The molecule has 0 spiro atoms. The molecule has 0 aliphatic carbocycles. The Kier molecular flexibility index (Phi) is 4.75. The van der Waals surface area contributed by atoms with Crippen LogP contribution in [0.1, 0.15) is 12.0 Å². The summed E-state index contributed by atoms with van der Waals surface area (Å²) >= 11 is 0. The molecule has 1 aromatic carbocycles. The predicted octanol–water partition coefficient (Wildman–Crippen LogP) is 1.15. The highest BCUT2D eigenvalue weighted by atomic mass is 16.5. The van der Waals surface area contributed by atoms with Gasteiger partial charge in [-0.2, -0.15) is 0 Å². The standard InChI is InChI=1S/C15H19NO6/c1-20-11-4-9(5-12(21-2)14(11)22-3)7-16-8-10(15(18)19)6-13(16)17/h4-5,10H,6-8H2,1-3H3,(H,18,19)/t10-/m0/s1. The van der Waals surface area contributed by atoms with Gasteiger partial charge in [-0.25, -0.2) is 0 Å². The average Bonchev–Trinajstić information content (AvgIpc) is 2.87. The van der Waals surface area contributed by atoms with Crippen LogP contribution in [0.15, 0.2) is 12.1 Å². The number of carboxylic acid groups (broad SMARTS) is 1. The molecule has 7 nitrogen and oxygen atoms in total. The molecule has 0 radical (unpaired) electrons. The van der Waals surface area contributed by atoms with Crippen molar-refractivity contribution in [2.24, 2.45) is 5.92 Å². The first-order chi connectivity index (χ1) is 10.5. The topological polar surface area (TPSA) is 85.3 Å². The highest BCUT2D eigenvalue weighted by Gasteiger charge is 2.34. The Bertz CT molecular complexity index is 560. The molecule has 0 aromatic heterocycles. The first-order valence-corrected chi connectivity index (χ1v) is 6.79. The molecule has 1 N–H and O–H groups in total. The van der Waals surface area contributed by atoms with Crippen molar-refractivity contribution >= 4 is 11.9 Å². The van der Waals surface area contributed by atoms with Crippen molar-refractivity contribution in [1.29, 1.82) is 0 Å². The summed E-state index contributed by atoms with van der Waals surface area (Å²) in [4.78, 5) is 24.4. The quantitative estimate of drug-likeness (QED) is 0.848. The molecule has 1 atom stereocenters. The zero-order valence-corrected chi connectivity index (χ0v) is 12.8. The van der Waals surface area contributed by atoms with Gasteiger partial charge >= 0.3 is 5.97 Å². The maximum atomic E-state index is 11.9. The largest absolute Gasteiger partial charge is 0.493 e. The molecule has 120 valence electrons. The van der Waals surface area contributed by atoms with Gasteiger partial charge in [-0.3, -0.25) is 9.59 Å². The molecule has 0 unspecified atom stereocenters. The van der Waals surface area contributed by atoms with Crippen LogP contribution in [0.2, 0.25) is 0 Å². The van der Waals surface area contributed by atoms with Gasteiger partial charge in [0.2, 0.25) is 11.7 Å². The molecule has 0 bridgehead atoms. The van der Waals surface area contributed by atoms with Gasteiger partial charge in [0.05, 0.1) is 27.2 Å². The maximum absolute atomic E-state index is 11.9. The second kappa shape index (κ2) is 6.55. The third-order valence-corrected chi connectivity index (χ3v) is 3.66. The minimum absolute atomic E-state index is 0.0414. The van der Waals surface area contributed by atoms with Crippen molar-refractivity contribution in [2.45, 2.75) is 13.0 Å². The van der Waals surface area contributed by atoms with Crippen LogP contribution in [-0.2, 0) is 16.1 Å². The van der Waals surface area contributed by atoms with E-state index in [0.29, 0.717) is 23.8 Å². The number of hydrogen-bond donors (Lipinski definition) is 1. The SMILES string of the molecule is COc1cc(CN2C[C@@H](C(=O)O)CC2=O)cc(OC)c1OC. The highest BCUT2D eigenvalue weighted by molar-refractivity contribution is 5.86. The Morgan fingerprint density at radius 1 is 1.23 bits per heavy atom. The van der Waals surface area contributed by atoms with Crippen LogP contribution in [0.5, 0.6) is 17.2 Å². The van der Waals surface area contributed by atoms with Gasteiger partial charge in [-0.15, -0.1) is 0 Å². The highest BCUT2D eigenvalue weighted by Crippen LogP contribution is 2.38. The van der Waals surface area contributed by atoms with Crippen LogP contribution in [0.3, 0.4) is 0 Å². The summed E-state index contributed by atoms with van der Waals surface area (Å²) < 4.78 is 15.8. The number of nitrogens with zero attached hydrogens (tertiary/aromatic N) is 1. The number of carbonyl (C=O) groups is 2. The van der Waals surface area contributed by atoms with Crippen LogP contribution >= 0.6 is 0 Å². The third-order valence-electron chi connectivity index (χ3n) is 3.66. The van der Waals surface area contributed by atoms with Crippen LogP contribution < -0.4 is 14.2 Å². The summed E-state index contributed by atoms with van der Waals surface area (Å²) in [6, 6.07) is 3.51. The third kappa shape index (κ3) is 3.08. The van der Waals surface area contributed by atoms with Gasteiger partial charge in [0.25, 0.3) is 0 Å². The number of amides is 1. The summed E-state index contributed by atoms with van der Waals surface area (Å²) in [6.07, 6.45) is 0.0414. The summed E-state index contributed by atoms with van der Waals surface area (Å²) in [5.41, 5.74) is 0.786. The number of aliphatic carboxylic acids is 1. The Labute approximate surface area is 128 Å². The van der Waals surface area contributed by atoms with Crippen LogP contribution in [-0.4, -0.2) is 49.8 Å². The minimum Gasteiger partial charge on any atom is -0.493 e. The van der Waals surface area contributed by atoms with Gasteiger partial charge in [-0.1, -0.05) is 0 Å². The summed E-state index contributed by atoms with van der Waals surface area (Å²) in [5, 5.41) is 9.01. The number of carboxylic acids is 1. The van der Waals surface area contributed by atoms with Crippen molar-refractivity contribution in [3.8, 4) is 17.2 Å². The number of ether oxygens (including phenoxy) is 3. The lowest BCUT2D eigenvalue weighted by Crippen LogP contribution is -2.25. The fourth-order valence-corrected chi connectivity index (χ4v) is 2.54. The maximum Gasteiger partial charge on any atom is 0.308 e. The zero-order chi connectivity index (χ0) is 16.3. The summed E-state index contributed by atoms with van der Waals surface area (Å²) in [7, 11) is 4.55. The minimum atomic E-state index is -0.944. The molecule has 22 heavy (non-hydrogen) atoms. The van der Waals surface area contributed by atoms with E-state index in [0.717, 1.165) is 5.56 Å². The van der Waals surface area contributed by atoms with E-state index >= 15 is 0 Å². The molecule has 1 aromatic rings. The average molecular weight is 309 g/mol. The fraction of sp³-hybridized carbons (Fsp3) is 0.467. The van der Waals surface area contributed by atoms with Crippen molar-refractivity contribution < 1.29 is 28.9 Å². The lowest BCUT2D eigenvalue weighted by Gasteiger charge is -2.19. The van der Waals surface area contributed by atoms with Gasteiger partial charge in [0.1, 0.15) is 0 Å². The summed E-state index contributed by atoms with van der Waals surface area (Å²) in [6.45, 7) is 0.518. The number of benzene rings is 1. The number of methoxy groups -OCH3 is 3. The lowest BCUT2D eigenvalue weighted by molar-refractivity contribution is -0.141. The number of likely N-dealkylation sites (tertiary alicyclic amines) is 1. The van der Waals surface area contributed by atoms with Crippen molar-refractivity contribution in [3.63, 3.8) is 0 Å². The zero-order valence-electron chi connectivity index (χ0n) is 12.8. The fourth-order valence-electron chi connectivity index (χ4n) is 2.54. The Morgan fingerprint density at radius 2 is 1.82 bits per heavy atom. The van der Waals surface area contributed by atoms with E-state index in [2.05, 4.69) is 0 Å². The van der Waals surface area contributed by atoms with E-state index in [4.69, 9.17) is 19.3 Å². The van der Waals surface area contributed by atoms with E-state index in [9.17, 15) is 9.59 Å². The van der Waals surface area contributed by atoms with Crippen LogP contribution in [0, 0.1) is 5.92 Å². The van der Waals surface area contributed by atoms with Crippen LogP contribution in [0.25, 0.3) is 0 Å². The molecule has 1 amide bonds. The molecule has 1 aliphatic heterocycles. The van der Waals surface area contributed by atoms with Gasteiger partial charge in [0, 0.05) is 19.5 Å². The number of carbonyl (C=O) groups excluding carboxylic acids is 1. The Hall–Kier alpha value is -2.44. The Balaban J connectivity index is 2.23. The molecule has 1 heterocycles. The number of rotatable bonds is 6. The molecule has 7 heteroatoms. The van der Waals surface area contributed by atoms with Gasteiger partial charge in [-0.05, 0) is 17.7 Å². The van der Waals surface area contributed by atoms with Crippen molar-refractivity contribution in [3.05, 3.63) is 17.7 Å². The molecule has 1 saturated heterocycles. The van der Waals surface area contributed by atoms with Gasteiger partial charge in [0.15, 0.2) is 11.5 Å². The van der Waals surface area contributed by atoms with E-state index < -0.39 is 11.9 Å². The smallest absolute Gasteiger partial charge is 0.308 e. The van der Waals surface area contributed by atoms with E-state index in [1.165, 1.54) is 26.2 Å². The normalized spacial score (nSPS) is 17.5. The number of hydrogen-bond acceptors (Lipinski definition) is 5. The Morgan fingerprint density at radius 3 is 2.23 bits per heavy atom. The van der Waals surface area contributed by atoms with E-state index in [1.807, 2.05) is 0 Å². The molecule has 0 saturated carbocycles. The predicted molar refractivity (Wildman–Crippen MR) is 77.3 cm³/mol. The second-order valence-corrected chi connectivity index (χ2v) is 5.05. The second-order valence-electron chi connectivity index (χ2n) is 5.05. The monoisotopic (exact) mass is 309 g/mol. The first-order valence-electron chi connectivity index (χ1n) is 6.79. The summed E-state index contributed by atoms with van der Waals surface area (Å²) in [5.74, 6) is -0.280. The molecular formula is C15H19NO6. The van der Waals surface area contributed by atoms with E-state index in [1.54, 1.807) is 12.1 Å². The lowest BCUT2D eigenvalue weighted by atomic mass is 10.1. The first kappa shape index (κ1) is 15.9. The van der Waals surface area contributed by atoms with Gasteiger partial charge < -0.3 is 24.2 Å². The molecular weight excluding hydrogens is 290 g/mol. The molecule has 2 rings (SSSR count).